The normalized spacial score (nSPS) is 12.9. The number of sulfone groups is 1. The maximum absolute atomic E-state index is 12.8. The standard InChI is InChI=1S/C19H18BrNO4S/c1-12(13-6-5-7-14(20)10-13)21-19(22)18-16(11-26(2,23)24)15-8-3-4-9-17(15)25-18/h3-10,12H,11H2,1-2H3,(H,21,22). The molecule has 1 atom stereocenters. The van der Waals surface area contributed by atoms with Gasteiger partial charge in [-0.3, -0.25) is 4.79 Å². The zero-order valence-electron chi connectivity index (χ0n) is 14.3. The third kappa shape index (κ3) is 4.16. The van der Waals surface area contributed by atoms with Crippen LogP contribution < -0.4 is 5.32 Å². The van der Waals surface area contributed by atoms with Gasteiger partial charge >= 0.3 is 0 Å². The topological polar surface area (TPSA) is 76.4 Å². The van der Waals surface area contributed by atoms with Crippen molar-refractivity contribution < 1.29 is 17.6 Å². The lowest BCUT2D eigenvalue weighted by Gasteiger charge is -2.14. The molecule has 1 aromatic heterocycles. The number of hydrogen-bond donors (Lipinski definition) is 1. The van der Waals surface area contributed by atoms with Crippen LogP contribution in [0.5, 0.6) is 0 Å². The van der Waals surface area contributed by atoms with Crippen LogP contribution in [-0.2, 0) is 15.6 Å². The molecule has 3 aromatic rings. The number of carbonyl (C=O) groups excluding carboxylic acids is 1. The quantitative estimate of drug-likeness (QED) is 0.650. The van der Waals surface area contributed by atoms with Gasteiger partial charge in [0.2, 0.25) is 0 Å². The van der Waals surface area contributed by atoms with Gasteiger partial charge in [0.1, 0.15) is 5.58 Å². The predicted octanol–water partition coefficient (Wildman–Crippen LogP) is 4.23. The predicted molar refractivity (Wildman–Crippen MR) is 105 cm³/mol. The Morgan fingerprint density at radius 1 is 1.19 bits per heavy atom. The molecular formula is C19H18BrNO4S. The fraction of sp³-hybridized carbons (Fsp3) is 0.211. The number of furan rings is 1. The Morgan fingerprint density at radius 3 is 2.62 bits per heavy atom. The molecule has 1 N–H and O–H groups in total. The maximum Gasteiger partial charge on any atom is 0.287 e. The third-order valence-electron chi connectivity index (χ3n) is 4.01. The molecule has 3 rings (SSSR count). The van der Waals surface area contributed by atoms with Gasteiger partial charge in [0.05, 0.1) is 11.8 Å². The van der Waals surface area contributed by atoms with E-state index in [9.17, 15) is 13.2 Å². The van der Waals surface area contributed by atoms with Crippen LogP contribution in [0.2, 0.25) is 0 Å². The largest absolute Gasteiger partial charge is 0.451 e. The monoisotopic (exact) mass is 435 g/mol. The van der Waals surface area contributed by atoms with Crippen molar-refractivity contribution in [3.63, 3.8) is 0 Å². The van der Waals surface area contributed by atoms with E-state index in [0.29, 0.717) is 16.5 Å². The summed E-state index contributed by atoms with van der Waals surface area (Å²) in [5, 5.41) is 3.52. The zero-order chi connectivity index (χ0) is 18.9. The summed E-state index contributed by atoms with van der Waals surface area (Å²) < 4.78 is 30.2. The minimum Gasteiger partial charge on any atom is -0.451 e. The van der Waals surface area contributed by atoms with Crippen LogP contribution in [0.4, 0.5) is 0 Å². The molecule has 0 aliphatic heterocycles. The first-order chi connectivity index (χ1) is 12.2. The molecule has 136 valence electrons. The van der Waals surface area contributed by atoms with E-state index in [1.54, 1.807) is 24.3 Å². The van der Waals surface area contributed by atoms with Gasteiger partial charge in [-0.05, 0) is 30.7 Å². The lowest BCUT2D eigenvalue weighted by molar-refractivity contribution is 0.0913. The van der Waals surface area contributed by atoms with Crippen LogP contribution in [0.3, 0.4) is 0 Å². The van der Waals surface area contributed by atoms with Gasteiger partial charge in [-0.15, -0.1) is 0 Å². The molecular weight excluding hydrogens is 418 g/mol. The number of fused-ring (bicyclic) bond motifs is 1. The van der Waals surface area contributed by atoms with E-state index < -0.39 is 15.7 Å². The summed E-state index contributed by atoms with van der Waals surface area (Å²) in [4.78, 5) is 12.8. The molecule has 0 saturated carbocycles. The average molecular weight is 436 g/mol. The number of halogens is 1. The van der Waals surface area contributed by atoms with Crippen LogP contribution in [0.15, 0.2) is 57.4 Å². The van der Waals surface area contributed by atoms with Crippen LogP contribution in [0, 0.1) is 0 Å². The van der Waals surface area contributed by atoms with Crippen LogP contribution in [-0.4, -0.2) is 20.6 Å². The van der Waals surface area contributed by atoms with E-state index >= 15 is 0 Å². The van der Waals surface area contributed by atoms with Crippen molar-refractivity contribution in [1.29, 1.82) is 0 Å². The number of hydrogen-bond acceptors (Lipinski definition) is 4. The van der Waals surface area contributed by atoms with Crippen LogP contribution in [0.1, 0.15) is 34.6 Å². The van der Waals surface area contributed by atoms with E-state index in [2.05, 4.69) is 21.2 Å². The molecule has 0 spiro atoms. The first-order valence-corrected chi connectivity index (χ1v) is 10.8. The highest BCUT2D eigenvalue weighted by molar-refractivity contribution is 9.10. The van der Waals surface area contributed by atoms with Crippen molar-refractivity contribution in [3.8, 4) is 0 Å². The second-order valence-electron chi connectivity index (χ2n) is 6.23. The Hall–Kier alpha value is -2.12. The molecule has 0 bridgehead atoms. The van der Waals surface area contributed by atoms with Gasteiger partial charge in [0.25, 0.3) is 5.91 Å². The SMILES string of the molecule is CC(NC(=O)c1oc2ccccc2c1CS(C)(=O)=O)c1cccc(Br)c1. The Labute approximate surface area is 160 Å². The Kier molecular flexibility index (Phi) is 5.20. The smallest absolute Gasteiger partial charge is 0.287 e. The summed E-state index contributed by atoms with van der Waals surface area (Å²) >= 11 is 3.41. The van der Waals surface area contributed by atoms with E-state index in [1.165, 1.54) is 0 Å². The van der Waals surface area contributed by atoms with E-state index in [-0.39, 0.29) is 17.6 Å². The summed E-state index contributed by atoms with van der Waals surface area (Å²) in [6, 6.07) is 14.4. The fourth-order valence-electron chi connectivity index (χ4n) is 2.81. The van der Waals surface area contributed by atoms with Crippen molar-refractivity contribution in [2.45, 2.75) is 18.7 Å². The maximum atomic E-state index is 12.8. The summed E-state index contributed by atoms with van der Waals surface area (Å²) in [5.74, 6) is -0.649. The van der Waals surface area contributed by atoms with Gasteiger partial charge in [0.15, 0.2) is 15.6 Å². The van der Waals surface area contributed by atoms with Gasteiger partial charge in [0, 0.05) is 21.7 Å². The highest BCUT2D eigenvalue weighted by atomic mass is 79.9. The van der Waals surface area contributed by atoms with Crippen molar-refractivity contribution in [3.05, 3.63) is 69.9 Å². The Bertz CT molecular complexity index is 1070. The zero-order valence-corrected chi connectivity index (χ0v) is 16.7. The molecule has 2 aromatic carbocycles. The average Bonchev–Trinajstić information content (AvgIpc) is 2.92. The minimum absolute atomic E-state index is 0.0403. The number of carbonyl (C=O) groups is 1. The molecule has 26 heavy (non-hydrogen) atoms. The summed E-state index contributed by atoms with van der Waals surface area (Å²) in [6.45, 7) is 1.86. The molecule has 0 aliphatic rings. The molecule has 0 aliphatic carbocycles. The van der Waals surface area contributed by atoms with Gasteiger partial charge in [-0.1, -0.05) is 46.3 Å². The molecule has 0 fully saturated rings. The van der Waals surface area contributed by atoms with E-state index in [0.717, 1.165) is 16.3 Å². The number of para-hydroxylation sites is 1. The Morgan fingerprint density at radius 2 is 1.92 bits per heavy atom. The van der Waals surface area contributed by atoms with Gasteiger partial charge < -0.3 is 9.73 Å². The second kappa shape index (κ2) is 7.25. The molecule has 1 amide bonds. The van der Waals surface area contributed by atoms with Crippen molar-refractivity contribution in [1.82, 2.24) is 5.32 Å². The molecule has 5 nitrogen and oxygen atoms in total. The van der Waals surface area contributed by atoms with Gasteiger partial charge in [-0.25, -0.2) is 8.42 Å². The lowest BCUT2D eigenvalue weighted by atomic mass is 10.1. The summed E-state index contributed by atoms with van der Waals surface area (Å²) in [5.41, 5.74) is 1.81. The first-order valence-electron chi connectivity index (χ1n) is 7.99. The number of rotatable bonds is 5. The van der Waals surface area contributed by atoms with Crippen LogP contribution >= 0.6 is 15.9 Å². The van der Waals surface area contributed by atoms with Crippen molar-refractivity contribution in [2.24, 2.45) is 0 Å². The highest BCUT2D eigenvalue weighted by Gasteiger charge is 2.24. The highest BCUT2D eigenvalue weighted by Crippen LogP contribution is 2.28. The molecule has 0 saturated heterocycles. The Balaban J connectivity index is 1.96. The minimum atomic E-state index is -3.33. The van der Waals surface area contributed by atoms with Crippen LogP contribution in [0.25, 0.3) is 11.0 Å². The lowest BCUT2D eigenvalue weighted by Crippen LogP contribution is -2.27. The number of benzene rings is 2. The molecule has 0 radical (unpaired) electrons. The molecule has 1 heterocycles. The van der Waals surface area contributed by atoms with E-state index in [4.69, 9.17) is 4.42 Å². The van der Waals surface area contributed by atoms with E-state index in [1.807, 2.05) is 31.2 Å². The third-order valence-corrected chi connectivity index (χ3v) is 5.31. The summed E-state index contributed by atoms with van der Waals surface area (Å²) in [7, 11) is -3.33. The fourth-order valence-corrected chi connectivity index (χ4v) is 4.04. The first kappa shape index (κ1) is 18.7. The second-order valence-corrected chi connectivity index (χ2v) is 9.28. The number of amides is 1. The van der Waals surface area contributed by atoms with Gasteiger partial charge in [-0.2, -0.15) is 0 Å². The molecule has 1 unspecified atom stereocenters. The van der Waals surface area contributed by atoms with Crippen molar-refractivity contribution >= 4 is 42.6 Å². The summed E-state index contributed by atoms with van der Waals surface area (Å²) in [6.07, 6.45) is 1.14. The number of nitrogens with one attached hydrogen (secondary N) is 1. The molecule has 7 heteroatoms. The van der Waals surface area contributed by atoms with Crippen molar-refractivity contribution in [2.75, 3.05) is 6.26 Å².